The molecular weight excluding hydrogens is 440 g/mol. The number of carbonyl (C=O) groups excluding carboxylic acids is 3. The summed E-state index contributed by atoms with van der Waals surface area (Å²) < 4.78 is 41.5. The maximum atomic E-state index is 13.0. The average molecular weight is 462 g/mol. The van der Waals surface area contributed by atoms with Gasteiger partial charge in [-0.3, -0.25) is 9.10 Å². The molecule has 0 saturated carbocycles. The van der Waals surface area contributed by atoms with Crippen molar-refractivity contribution in [1.29, 1.82) is 0 Å². The van der Waals surface area contributed by atoms with Crippen LogP contribution in [-0.2, 0) is 24.3 Å². The maximum Gasteiger partial charge on any atom is 0.339 e. The summed E-state index contributed by atoms with van der Waals surface area (Å²) >= 11 is 0. The number of hydrogen-bond acceptors (Lipinski definition) is 8. The van der Waals surface area contributed by atoms with Gasteiger partial charge in [-0.05, 0) is 37.3 Å². The molecule has 1 unspecified atom stereocenters. The number of sulfonamides is 1. The van der Waals surface area contributed by atoms with Crippen LogP contribution in [0.2, 0.25) is 0 Å². The van der Waals surface area contributed by atoms with E-state index in [1.54, 1.807) is 24.3 Å². The fourth-order valence-electron chi connectivity index (χ4n) is 3.15. The first kappa shape index (κ1) is 23.1. The van der Waals surface area contributed by atoms with Crippen LogP contribution in [0, 0.1) is 0 Å². The van der Waals surface area contributed by atoms with Gasteiger partial charge in [-0.15, -0.1) is 0 Å². The zero-order chi connectivity index (χ0) is 23.5. The van der Waals surface area contributed by atoms with Crippen molar-refractivity contribution in [3.63, 3.8) is 0 Å². The van der Waals surface area contributed by atoms with Crippen LogP contribution in [0.4, 0.5) is 11.4 Å². The molecule has 1 amide bonds. The second kappa shape index (κ2) is 9.27. The topological polar surface area (TPSA) is 128 Å². The second-order valence-electron chi connectivity index (χ2n) is 6.74. The Labute approximate surface area is 185 Å². The zero-order valence-electron chi connectivity index (χ0n) is 17.7. The molecule has 32 heavy (non-hydrogen) atoms. The molecule has 10 nitrogen and oxygen atoms in total. The number of anilines is 2. The zero-order valence-corrected chi connectivity index (χ0v) is 18.5. The number of rotatable bonds is 6. The molecule has 0 bridgehead atoms. The molecule has 0 fully saturated rings. The average Bonchev–Trinajstić information content (AvgIpc) is 2.82. The molecule has 0 radical (unpaired) electrons. The monoisotopic (exact) mass is 462 g/mol. The van der Waals surface area contributed by atoms with Crippen molar-refractivity contribution in [3.8, 4) is 5.75 Å². The Balaban J connectivity index is 1.95. The van der Waals surface area contributed by atoms with E-state index in [2.05, 4.69) is 10.1 Å². The minimum Gasteiger partial charge on any atom is -0.476 e. The maximum absolute atomic E-state index is 13.0. The van der Waals surface area contributed by atoms with Crippen LogP contribution in [-0.4, -0.2) is 58.9 Å². The molecule has 1 atom stereocenters. The first-order valence-corrected chi connectivity index (χ1v) is 11.2. The number of para-hydroxylation sites is 2. The second-order valence-corrected chi connectivity index (χ2v) is 8.92. The van der Waals surface area contributed by atoms with Crippen molar-refractivity contribution in [1.82, 2.24) is 0 Å². The lowest BCUT2D eigenvalue weighted by Gasteiger charge is -2.34. The SMILES string of the molecule is CCS(=O)(=O)N1CC(C(=O)Nc2cc(C(=O)OC)ccc2C(=O)OC)Oc2ccccc21. The van der Waals surface area contributed by atoms with Gasteiger partial charge in [0.1, 0.15) is 5.75 Å². The fourth-order valence-corrected chi connectivity index (χ4v) is 4.28. The predicted octanol–water partition coefficient (Wildman–Crippen LogP) is 1.82. The highest BCUT2D eigenvalue weighted by Gasteiger charge is 2.36. The molecule has 1 N–H and O–H groups in total. The lowest BCUT2D eigenvalue weighted by molar-refractivity contribution is -0.122. The Morgan fingerprint density at radius 3 is 2.44 bits per heavy atom. The van der Waals surface area contributed by atoms with Crippen molar-refractivity contribution in [2.24, 2.45) is 0 Å². The van der Waals surface area contributed by atoms with E-state index in [1.807, 2.05) is 0 Å². The van der Waals surface area contributed by atoms with E-state index in [0.29, 0.717) is 5.69 Å². The van der Waals surface area contributed by atoms with Crippen LogP contribution in [0.25, 0.3) is 0 Å². The fraction of sp³-hybridized carbons (Fsp3) is 0.286. The minimum atomic E-state index is -3.68. The van der Waals surface area contributed by atoms with Gasteiger partial charge in [0.2, 0.25) is 10.0 Å². The standard InChI is InChI=1S/C21H22N2O8S/c1-4-32(27,28)23-12-18(31-17-8-6-5-7-16(17)23)19(24)22-15-11-13(20(25)29-2)9-10-14(15)21(26)30-3/h5-11,18H,4,12H2,1-3H3,(H,22,24). The summed E-state index contributed by atoms with van der Waals surface area (Å²) in [5.74, 6) is -2.04. The summed E-state index contributed by atoms with van der Waals surface area (Å²) in [5, 5.41) is 2.54. The number of methoxy groups -OCH3 is 2. The van der Waals surface area contributed by atoms with Crippen LogP contribution >= 0.6 is 0 Å². The van der Waals surface area contributed by atoms with E-state index in [1.165, 1.54) is 39.3 Å². The van der Waals surface area contributed by atoms with Crippen LogP contribution in [0.5, 0.6) is 5.75 Å². The van der Waals surface area contributed by atoms with Gasteiger partial charge in [-0.2, -0.15) is 0 Å². The Bertz CT molecular complexity index is 1160. The third kappa shape index (κ3) is 4.52. The number of fused-ring (bicyclic) bond motifs is 1. The highest BCUT2D eigenvalue weighted by molar-refractivity contribution is 7.92. The van der Waals surface area contributed by atoms with Gasteiger partial charge < -0.3 is 19.5 Å². The molecule has 0 aromatic heterocycles. The van der Waals surface area contributed by atoms with E-state index in [4.69, 9.17) is 9.47 Å². The number of amides is 1. The molecular formula is C21H22N2O8S. The number of nitrogens with one attached hydrogen (secondary N) is 1. The Morgan fingerprint density at radius 2 is 1.78 bits per heavy atom. The number of esters is 2. The molecule has 0 aliphatic carbocycles. The molecule has 11 heteroatoms. The van der Waals surface area contributed by atoms with E-state index >= 15 is 0 Å². The minimum absolute atomic E-state index is 0.00254. The largest absolute Gasteiger partial charge is 0.476 e. The van der Waals surface area contributed by atoms with Crippen LogP contribution < -0.4 is 14.4 Å². The summed E-state index contributed by atoms with van der Waals surface area (Å²) in [5.41, 5.74) is 0.432. The Hall–Kier alpha value is -3.60. The van der Waals surface area contributed by atoms with Crippen LogP contribution in [0.1, 0.15) is 27.6 Å². The molecule has 2 aromatic rings. The highest BCUT2D eigenvalue weighted by atomic mass is 32.2. The molecule has 1 aliphatic rings. The first-order valence-electron chi connectivity index (χ1n) is 9.59. The van der Waals surface area contributed by atoms with E-state index in [-0.39, 0.29) is 34.9 Å². The summed E-state index contributed by atoms with van der Waals surface area (Å²) in [7, 11) is -1.31. The number of benzene rings is 2. The van der Waals surface area contributed by atoms with Gasteiger partial charge >= 0.3 is 11.9 Å². The lowest BCUT2D eigenvalue weighted by atomic mass is 10.1. The smallest absolute Gasteiger partial charge is 0.339 e. The van der Waals surface area contributed by atoms with Gasteiger partial charge in [0, 0.05) is 0 Å². The van der Waals surface area contributed by atoms with E-state index in [9.17, 15) is 22.8 Å². The quantitative estimate of drug-likeness (QED) is 0.644. The molecule has 1 aliphatic heterocycles. The van der Waals surface area contributed by atoms with Crippen molar-refractivity contribution in [3.05, 3.63) is 53.6 Å². The highest BCUT2D eigenvalue weighted by Crippen LogP contribution is 2.35. The molecule has 0 spiro atoms. The normalized spacial score (nSPS) is 15.2. The number of ether oxygens (including phenoxy) is 3. The van der Waals surface area contributed by atoms with Crippen molar-refractivity contribution >= 4 is 39.2 Å². The van der Waals surface area contributed by atoms with Crippen LogP contribution in [0.3, 0.4) is 0 Å². The summed E-state index contributed by atoms with van der Waals surface area (Å²) in [4.78, 5) is 37.0. The molecule has 2 aromatic carbocycles. The lowest BCUT2D eigenvalue weighted by Crippen LogP contribution is -2.49. The van der Waals surface area contributed by atoms with Crippen LogP contribution in [0.15, 0.2) is 42.5 Å². The summed E-state index contributed by atoms with van der Waals surface area (Å²) in [6.45, 7) is 1.24. The van der Waals surface area contributed by atoms with E-state index in [0.717, 1.165) is 4.31 Å². The molecule has 1 heterocycles. The molecule has 3 rings (SSSR count). The van der Waals surface area contributed by atoms with Crippen molar-refractivity contribution in [2.45, 2.75) is 13.0 Å². The third-order valence-corrected chi connectivity index (χ3v) is 6.58. The number of hydrogen-bond donors (Lipinski definition) is 1. The predicted molar refractivity (Wildman–Crippen MR) is 115 cm³/mol. The Kier molecular flexibility index (Phi) is 6.68. The molecule has 0 saturated heterocycles. The summed E-state index contributed by atoms with van der Waals surface area (Å²) in [6, 6.07) is 10.4. The van der Waals surface area contributed by atoms with Crippen molar-refractivity contribution < 1.29 is 37.0 Å². The third-order valence-electron chi connectivity index (χ3n) is 4.83. The number of carbonyl (C=O) groups is 3. The Morgan fingerprint density at radius 1 is 1.09 bits per heavy atom. The van der Waals surface area contributed by atoms with Gasteiger partial charge in [0.25, 0.3) is 5.91 Å². The van der Waals surface area contributed by atoms with E-state index < -0.39 is 34.0 Å². The van der Waals surface area contributed by atoms with Gasteiger partial charge in [-0.1, -0.05) is 12.1 Å². The van der Waals surface area contributed by atoms with Gasteiger partial charge in [0.15, 0.2) is 6.10 Å². The number of nitrogens with zero attached hydrogens (tertiary/aromatic N) is 1. The van der Waals surface area contributed by atoms with Gasteiger partial charge in [-0.25, -0.2) is 18.0 Å². The first-order chi connectivity index (χ1) is 15.2. The summed E-state index contributed by atoms with van der Waals surface area (Å²) in [6.07, 6.45) is -1.21. The van der Waals surface area contributed by atoms with Crippen molar-refractivity contribution in [2.75, 3.05) is 36.1 Å². The molecule has 170 valence electrons. The van der Waals surface area contributed by atoms with Gasteiger partial charge in [0.05, 0.1) is 49.0 Å².